The van der Waals surface area contributed by atoms with E-state index in [4.69, 9.17) is 9.47 Å². The fourth-order valence-corrected chi connectivity index (χ4v) is 0.759. The Kier molecular flexibility index (Phi) is 1.95. The zero-order valence-electron chi connectivity index (χ0n) is 6.49. The average molecular weight is 158 g/mol. The number of rotatable bonds is 1. The molecule has 1 fully saturated rings. The molecule has 0 bridgehead atoms. The zero-order chi connectivity index (χ0) is 8.48. The van der Waals surface area contributed by atoms with Crippen LogP contribution in [0.5, 0.6) is 0 Å². The molecule has 0 radical (unpaired) electrons. The average Bonchev–Trinajstić information content (AvgIpc) is 1.98. The SMILES string of the molecule is CC1OCC(C)(C=O)OC1=O. The third-order valence-electron chi connectivity index (χ3n) is 1.53. The topological polar surface area (TPSA) is 52.6 Å². The number of carbonyl (C=O) groups is 2. The summed E-state index contributed by atoms with van der Waals surface area (Å²) in [6, 6.07) is 0. The third kappa shape index (κ3) is 1.57. The second-order valence-corrected chi connectivity index (χ2v) is 2.80. The van der Waals surface area contributed by atoms with E-state index in [0.717, 1.165) is 0 Å². The number of esters is 1. The molecular weight excluding hydrogens is 148 g/mol. The Morgan fingerprint density at radius 2 is 2.36 bits per heavy atom. The first-order chi connectivity index (χ1) is 5.07. The van der Waals surface area contributed by atoms with E-state index in [2.05, 4.69) is 0 Å². The highest BCUT2D eigenvalue weighted by Crippen LogP contribution is 2.16. The van der Waals surface area contributed by atoms with Crippen LogP contribution < -0.4 is 0 Å². The van der Waals surface area contributed by atoms with Crippen LogP contribution in [-0.4, -0.2) is 30.6 Å². The summed E-state index contributed by atoms with van der Waals surface area (Å²) in [5, 5.41) is 0. The van der Waals surface area contributed by atoms with Crippen molar-refractivity contribution in [3.63, 3.8) is 0 Å². The van der Waals surface area contributed by atoms with Gasteiger partial charge in [0.05, 0.1) is 6.61 Å². The van der Waals surface area contributed by atoms with Gasteiger partial charge >= 0.3 is 5.97 Å². The van der Waals surface area contributed by atoms with E-state index in [9.17, 15) is 9.59 Å². The molecule has 4 nitrogen and oxygen atoms in total. The van der Waals surface area contributed by atoms with Crippen molar-refractivity contribution >= 4 is 12.3 Å². The minimum absolute atomic E-state index is 0.142. The van der Waals surface area contributed by atoms with Gasteiger partial charge in [-0.05, 0) is 13.8 Å². The van der Waals surface area contributed by atoms with E-state index >= 15 is 0 Å². The van der Waals surface area contributed by atoms with Gasteiger partial charge in [0.1, 0.15) is 0 Å². The van der Waals surface area contributed by atoms with E-state index in [1.54, 1.807) is 6.92 Å². The molecule has 0 N–H and O–H groups in total. The molecule has 0 aromatic carbocycles. The Morgan fingerprint density at radius 3 is 2.82 bits per heavy atom. The Bertz CT molecular complexity index is 189. The first-order valence-corrected chi connectivity index (χ1v) is 3.38. The van der Waals surface area contributed by atoms with Crippen molar-refractivity contribution in [2.24, 2.45) is 0 Å². The van der Waals surface area contributed by atoms with Gasteiger partial charge in [-0.15, -0.1) is 0 Å². The van der Waals surface area contributed by atoms with E-state index in [-0.39, 0.29) is 6.61 Å². The maximum Gasteiger partial charge on any atom is 0.336 e. The lowest BCUT2D eigenvalue weighted by atomic mass is 10.1. The second-order valence-electron chi connectivity index (χ2n) is 2.80. The van der Waals surface area contributed by atoms with E-state index < -0.39 is 17.7 Å². The lowest BCUT2D eigenvalue weighted by Crippen LogP contribution is -2.47. The van der Waals surface area contributed by atoms with Gasteiger partial charge in [0.25, 0.3) is 0 Å². The van der Waals surface area contributed by atoms with Gasteiger partial charge in [0.15, 0.2) is 18.0 Å². The Labute approximate surface area is 64.5 Å². The molecule has 62 valence electrons. The summed E-state index contributed by atoms with van der Waals surface area (Å²) < 4.78 is 9.79. The third-order valence-corrected chi connectivity index (χ3v) is 1.53. The minimum Gasteiger partial charge on any atom is -0.447 e. The van der Waals surface area contributed by atoms with Crippen molar-refractivity contribution in [1.29, 1.82) is 0 Å². The molecule has 11 heavy (non-hydrogen) atoms. The van der Waals surface area contributed by atoms with Crippen molar-refractivity contribution in [1.82, 2.24) is 0 Å². The molecular formula is C7H10O4. The predicted molar refractivity (Wildman–Crippen MR) is 36.0 cm³/mol. The Hall–Kier alpha value is -0.900. The largest absolute Gasteiger partial charge is 0.447 e. The zero-order valence-corrected chi connectivity index (χ0v) is 6.49. The maximum atomic E-state index is 10.9. The van der Waals surface area contributed by atoms with Crippen LogP contribution in [0.3, 0.4) is 0 Å². The molecule has 0 saturated carbocycles. The van der Waals surface area contributed by atoms with Crippen LogP contribution in [0.2, 0.25) is 0 Å². The van der Waals surface area contributed by atoms with Crippen molar-refractivity contribution in [2.75, 3.05) is 6.61 Å². The lowest BCUT2D eigenvalue weighted by molar-refractivity contribution is -0.197. The molecule has 1 saturated heterocycles. The van der Waals surface area contributed by atoms with Crippen LogP contribution in [0.1, 0.15) is 13.8 Å². The standard InChI is InChI=1S/C7H10O4/c1-5-6(9)11-7(2,3-8)4-10-5/h3,5H,4H2,1-2H3. The Balaban J connectivity index is 2.66. The molecule has 0 aromatic heterocycles. The molecule has 1 aliphatic rings. The molecule has 1 aliphatic heterocycles. The predicted octanol–water partition coefficient (Wildman–Crippen LogP) is -0.0941. The van der Waals surface area contributed by atoms with Crippen LogP contribution in [0.25, 0.3) is 0 Å². The molecule has 1 heterocycles. The summed E-state index contributed by atoms with van der Waals surface area (Å²) in [7, 11) is 0. The summed E-state index contributed by atoms with van der Waals surface area (Å²) in [4.78, 5) is 21.2. The summed E-state index contributed by atoms with van der Waals surface area (Å²) in [5.74, 6) is -0.481. The molecule has 0 amide bonds. The number of hydrogen-bond acceptors (Lipinski definition) is 4. The molecule has 0 aromatic rings. The number of ether oxygens (including phenoxy) is 2. The maximum absolute atomic E-state index is 10.9. The van der Waals surface area contributed by atoms with E-state index in [1.807, 2.05) is 0 Å². The highest BCUT2D eigenvalue weighted by molar-refractivity contribution is 5.79. The van der Waals surface area contributed by atoms with Gasteiger partial charge in [-0.1, -0.05) is 0 Å². The van der Waals surface area contributed by atoms with Gasteiger partial charge in [-0.2, -0.15) is 0 Å². The smallest absolute Gasteiger partial charge is 0.336 e. The first kappa shape index (κ1) is 8.20. The number of hydrogen-bond donors (Lipinski definition) is 0. The van der Waals surface area contributed by atoms with Crippen molar-refractivity contribution in [2.45, 2.75) is 25.6 Å². The van der Waals surface area contributed by atoms with Crippen molar-refractivity contribution in [3.05, 3.63) is 0 Å². The highest BCUT2D eigenvalue weighted by Gasteiger charge is 2.36. The summed E-state index contributed by atoms with van der Waals surface area (Å²) in [6.45, 7) is 3.25. The monoisotopic (exact) mass is 158 g/mol. The molecule has 1 rings (SSSR count). The van der Waals surface area contributed by atoms with E-state index in [1.165, 1.54) is 6.92 Å². The fraction of sp³-hybridized carbons (Fsp3) is 0.714. The van der Waals surface area contributed by atoms with Gasteiger partial charge in [0.2, 0.25) is 0 Å². The molecule has 0 spiro atoms. The quantitative estimate of drug-likeness (QED) is 0.395. The Morgan fingerprint density at radius 1 is 1.73 bits per heavy atom. The van der Waals surface area contributed by atoms with E-state index in [0.29, 0.717) is 6.29 Å². The lowest BCUT2D eigenvalue weighted by Gasteiger charge is -2.30. The normalized spacial score (nSPS) is 38.0. The van der Waals surface area contributed by atoms with Gasteiger partial charge in [0, 0.05) is 0 Å². The summed E-state index contributed by atoms with van der Waals surface area (Å²) in [6.07, 6.45) is 0.0274. The fourth-order valence-electron chi connectivity index (χ4n) is 0.759. The van der Waals surface area contributed by atoms with Gasteiger partial charge in [-0.3, -0.25) is 4.79 Å². The van der Waals surface area contributed by atoms with Crippen LogP contribution >= 0.6 is 0 Å². The molecule has 4 heteroatoms. The molecule has 2 unspecified atom stereocenters. The van der Waals surface area contributed by atoms with Crippen LogP contribution in [0.4, 0.5) is 0 Å². The van der Waals surface area contributed by atoms with Crippen LogP contribution in [0, 0.1) is 0 Å². The summed E-state index contributed by atoms with van der Waals surface area (Å²) >= 11 is 0. The first-order valence-electron chi connectivity index (χ1n) is 3.38. The van der Waals surface area contributed by atoms with Crippen LogP contribution in [0.15, 0.2) is 0 Å². The van der Waals surface area contributed by atoms with Gasteiger partial charge in [-0.25, -0.2) is 4.79 Å². The second kappa shape index (κ2) is 2.62. The number of cyclic esters (lactones) is 1. The molecule has 0 aliphatic carbocycles. The van der Waals surface area contributed by atoms with Gasteiger partial charge < -0.3 is 9.47 Å². The highest BCUT2D eigenvalue weighted by atomic mass is 16.6. The number of carbonyl (C=O) groups excluding carboxylic acids is 2. The number of aldehydes is 1. The summed E-state index contributed by atoms with van der Waals surface area (Å²) in [5.41, 5.74) is -1.08. The minimum atomic E-state index is -1.08. The van der Waals surface area contributed by atoms with Crippen molar-refractivity contribution < 1.29 is 19.1 Å². The van der Waals surface area contributed by atoms with Crippen molar-refractivity contribution in [3.8, 4) is 0 Å². The van der Waals surface area contributed by atoms with Crippen LogP contribution in [-0.2, 0) is 19.1 Å². The molecule has 2 atom stereocenters.